The van der Waals surface area contributed by atoms with Crippen LogP contribution in [0.1, 0.15) is 33.4 Å². The maximum absolute atomic E-state index is 9.75. The first kappa shape index (κ1) is 23.4. The van der Waals surface area contributed by atoms with E-state index in [1.165, 1.54) is 48.6 Å². The van der Waals surface area contributed by atoms with Crippen LogP contribution in [0.3, 0.4) is 0 Å². The lowest BCUT2D eigenvalue weighted by atomic mass is 10.0. The summed E-state index contributed by atoms with van der Waals surface area (Å²) in [7, 11) is -6.00. The Kier molecular flexibility index (Phi) is 7.19. The van der Waals surface area contributed by atoms with Gasteiger partial charge in [-0.25, -0.2) is 0 Å². The van der Waals surface area contributed by atoms with Crippen LogP contribution in [0.5, 0.6) is 0 Å². The predicted molar refractivity (Wildman–Crippen MR) is 119 cm³/mol. The van der Waals surface area contributed by atoms with E-state index in [1.54, 1.807) is 0 Å². The molecule has 0 fully saturated rings. The molecule has 0 radical (unpaired) electrons. The van der Waals surface area contributed by atoms with Gasteiger partial charge in [0.05, 0.1) is 22.6 Å². The molecule has 0 spiro atoms. The summed E-state index contributed by atoms with van der Waals surface area (Å²) in [5, 5.41) is 0. The Morgan fingerprint density at radius 3 is 1.55 bits per heavy atom. The standard InChI is InChI=1S/C21H24IN2.BF4/c1-13-9-15(3)19(16(4)10-13)23-7-8-24(21(23)22)20-17(5)11-14(2)12-18(20)6;2-1(3,4)5/h7-12H,1-6H3;/q+1;-1. The molecule has 0 unspecified atom stereocenters. The van der Waals surface area contributed by atoms with E-state index in [1.807, 2.05) is 0 Å². The lowest BCUT2D eigenvalue weighted by Gasteiger charge is -2.10. The van der Waals surface area contributed by atoms with Crippen LogP contribution >= 0.6 is 22.6 Å². The zero-order valence-electron chi connectivity index (χ0n) is 17.3. The van der Waals surface area contributed by atoms with Gasteiger partial charge >= 0.3 is 11.1 Å². The van der Waals surface area contributed by atoms with Crippen LogP contribution < -0.4 is 4.57 Å². The van der Waals surface area contributed by atoms with Crippen LogP contribution in [0.4, 0.5) is 17.3 Å². The zero-order valence-corrected chi connectivity index (χ0v) is 19.5. The predicted octanol–water partition coefficient (Wildman–Crippen LogP) is 6.51. The molecule has 29 heavy (non-hydrogen) atoms. The van der Waals surface area contributed by atoms with Gasteiger partial charge in [-0.3, -0.25) is 0 Å². The minimum absolute atomic E-state index is 1.19. The van der Waals surface area contributed by atoms with E-state index in [4.69, 9.17) is 0 Å². The quantitative estimate of drug-likeness (QED) is 0.158. The highest BCUT2D eigenvalue weighted by Crippen LogP contribution is 2.24. The minimum atomic E-state index is -6.00. The summed E-state index contributed by atoms with van der Waals surface area (Å²) in [4.78, 5) is 0. The van der Waals surface area contributed by atoms with Gasteiger partial charge in [0.15, 0.2) is 0 Å². The molecule has 0 N–H and O–H groups in total. The number of rotatable bonds is 2. The van der Waals surface area contributed by atoms with Crippen molar-refractivity contribution >= 4 is 29.8 Å². The second-order valence-corrected chi connectivity index (χ2v) is 8.26. The summed E-state index contributed by atoms with van der Waals surface area (Å²) < 4.78 is 44.8. The van der Waals surface area contributed by atoms with Gasteiger partial charge in [0.25, 0.3) is 0 Å². The maximum Gasteiger partial charge on any atom is 0.673 e. The van der Waals surface area contributed by atoms with E-state index in [2.05, 4.69) is 110 Å². The monoisotopic (exact) mass is 518 g/mol. The third-order valence-corrected chi connectivity index (χ3v) is 5.55. The van der Waals surface area contributed by atoms with Gasteiger partial charge in [0.1, 0.15) is 23.8 Å². The smallest absolute Gasteiger partial charge is 0.418 e. The van der Waals surface area contributed by atoms with Crippen LogP contribution in [0.15, 0.2) is 36.7 Å². The maximum atomic E-state index is 9.75. The van der Waals surface area contributed by atoms with E-state index in [0.29, 0.717) is 0 Å². The topological polar surface area (TPSA) is 8.81 Å². The van der Waals surface area contributed by atoms with Crippen molar-refractivity contribution in [3.05, 3.63) is 73.9 Å². The lowest BCUT2D eigenvalue weighted by molar-refractivity contribution is -0.609. The molecule has 0 amide bonds. The second kappa shape index (κ2) is 8.89. The van der Waals surface area contributed by atoms with Gasteiger partial charge in [-0.1, -0.05) is 35.4 Å². The van der Waals surface area contributed by atoms with Crippen molar-refractivity contribution in [2.75, 3.05) is 0 Å². The molecular formula is C21H24BF4IN2. The Morgan fingerprint density at radius 2 is 1.14 bits per heavy atom. The third-order valence-electron chi connectivity index (χ3n) is 4.51. The SMILES string of the molecule is Cc1cc(C)c(-n2cc[n+](-c3c(C)cc(C)cc3C)c2I)c(C)c1.F[B-](F)(F)F. The number of hydrogen-bond donors (Lipinski definition) is 0. The highest BCUT2D eigenvalue weighted by atomic mass is 127. The Balaban J connectivity index is 0.000000537. The van der Waals surface area contributed by atoms with Crippen molar-refractivity contribution in [3.8, 4) is 11.4 Å². The van der Waals surface area contributed by atoms with Crippen molar-refractivity contribution < 1.29 is 21.8 Å². The van der Waals surface area contributed by atoms with E-state index >= 15 is 0 Å². The van der Waals surface area contributed by atoms with E-state index < -0.39 is 7.25 Å². The largest absolute Gasteiger partial charge is 0.673 e. The van der Waals surface area contributed by atoms with Gasteiger partial charge in [0.2, 0.25) is 0 Å². The molecule has 0 aliphatic rings. The van der Waals surface area contributed by atoms with Crippen molar-refractivity contribution in [1.29, 1.82) is 0 Å². The van der Waals surface area contributed by atoms with Crippen molar-refractivity contribution in [3.63, 3.8) is 0 Å². The molecule has 0 bridgehead atoms. The van der Waals surface area contributed by atoms with Crippen LogP contribution in [0.25, 0.3) is 11.4 Å². The summed E-state index contributed by atoms with van der Waals surface area (Å²) in [6.45, 7) is 13.1. The van der Waals surface area contributed by atoms with Crippen molar-refractivity contribution in [1.82, 2.24) is 4.57 Å². The number of imidazole rings is 1. The molecule has 1 aromatic heterocycles. The molecule has 0 aliphatic heterocycles. The van der Waals surface area contributed by atoms with E-state index in [-0.39, 0.29) is 0 Å². The summed E-state index contributed by atoms with van der Waals surface area (Å²) in [6, 6.07) is 9.02. The van der Waals surface area contributed by atoms with Crippen molar-refractivity contribution in [2.24, 2.45) is 0 Å². The number of aromatic nitrogens is 2. The number of halogens is 5. The average Bonchev–Trinajstić information content (AvgIpc) is 2.86. The van der Waals surface area contributed by atoms with Gasteiger partial charge in [-0.2, -0.15) is 9.13 Å². The average molecular weight is 518 g/mol. The van der Waals surface area contributed by atoms with Gasteiger partial charge < -0.3 is 17.3 Å². The summed E-state index contributed by atoms with van der Waals surface area (Å²) >= 11 is 2.45. The fraction of sp³-hybridized carbons (Fsp3) is 0.286. The second-order valence-electron chi connectivity index (χ2n) is 7.30. The Morgan fingerprint density at radius 1 is 0.759 bits per heavy atom. The molecule has 2 nitrogen and oxygen atoms in total. The molecule has 0 atom stereocenters. The van der Waals surface area contributed by atoms with Gasteiger partial charge in [-0.15, -0.1) is 0 Å². The first-order valence-electron chi connectivity index (χ1n) is 9.12. The first-order chi connectivity index (χ1) is 13.3. The Bertz CT molecular complexity index is 915. The summed E-state index contributed by atoms with van der Waals surface area (Å²) in [6.07, 6.45) is 4.34. The third kappa shape index (κ3) is 5.84. The van der Waals surface area contributed by atoms with Crippen LogP contribution in [0, 0.1) is 45.4 Å². The molecule has 0 saturated carbocycles. The molecule has 3 aromatic rings. The molecule has 1 heterocycles. The minimum Gasteiger partial charge on any atom is -0.418 e. The molecule has 2 aromatic carbocycles. The first-order valence-corrected chi connectivity index (χ1v) is 10.2. The molecule has 0 aliphatic carbocycles. The Hall–Kier alpha value is -1.84. The molecule has 0 saturated heterocycles. The highest BCUT2D eigenvalue weighted by molar-refractivity contribution is 14.1. The number of hydrogen-bond acceptors (Lipinski definition) is 0. The van der Waals surface area contributed by atoms with E-state index in [0.717, 1.165) is 0 Å². The molecule has 3 rings (SSSR count). The molecule has 8 heteroatoms. The normalized spacial score (nSPS) is 11.3. The van der Waals surface area contributed by atoms with Crippen LogP contribution in [-0.2, 0) is 0 Å². The number of benzene rings is 2. The zero-order chi connectivity index (χ0) is 22.1. The summed E-state index contributed by atoms with van der Waals surface area (Å²) in [5.74, 6) is 0. The van der Waals surface area contributed by atoms with Crippen LogP contribution in [-0.4, -0.2) is 11.8 Å². The van der Waals surface area contributed by atoms with Gasteiger partial charge in [0, 0.05) is 0 Å². The summed E-state index contributed by atoms with van der Waals surface area (Å²) in [5.41, 5.74) is 10.4. The lowest BCUT2D eigenvalue weighted by Crippen LogP contribution is -2.35. The van der Waals surface area contributed by atoms with E-state index in [9.17, 15) is 17.3 Å². The fourth-order valence-electron chi connectivity index (χ4n) is 3.81. The highest BCUT2D eigenvalue weighted by Gasteiger charge is 2.23. The van der Waals surface area contributed by atoms with Crippen molar-refractivity contribution in [2.45, 2.75) is 41.5 Å². The molecule has 156 valence electrons. The number of aryl methyl sites for hydroxylation is 6. The van der Waals surface area contributed by atoms with Crippen LogP contribution in [0.2, 0.25) is 0 Å². The molecular weight excluding hydrogens is 494 g/mol. The fourth-order valence-corrected chi connectivity index (χ4v) is 4.61. The van der Waals surface area contributed by atoms with Gasteiger partial charge in [-0.05, 0) is 63.8 Å². The Labute approximate surface area is 182 Å². The number of nitrogens with zero attached hydrogens (tertiary/aromatic N) is 2.